The molecule has 7 heteroatoms. The summed E-state index contributed by atoms with van der Waals surface area (Å²) in [6, 6.07) is 17.5. The molecule has 3 aromatic carbocycles. The van der Waals surface area contributed by atoms with Crippen molar-refractivity contribution in [2.75, 3.05) is 32.8 Å². The van der Waals surface area contributed by atoms with Crippen molar-refractivity contribution >= 4 is 11.6 Å². The largest absolute Gasteiger partial charge is 0.492 e. The van der Waals surface area contributed by atoms with Gasteiger partial charge in [0.05, 0.1) is 13.2 Å². The Morgan fingerprint density at radius 3 is 2.56 bits per heavy atom. The van der Waals surface area contributed by atoms with Gasteiger partial charge in [0, 0.05) is 29.4 Å². The normalized spacial score (nSPS) is 16.5. The van der Waals surface area contributed by atoms with Gasteiger partial charge in [0.2, 0.25) is 12.5 Å². The second-order valence-corrected chi connectivity index (χ2v) is 9.51. The second kappa shape index (κ2) is 10.1. The third-order valence-electron chi connectivity index (χ3n) is 6.68. The van der Waals surface area contributed by atoms with Crippen LogP contribution in [0.25, 0.3) is 0 Å². The average Bonchev–Trinajstić information content (AvgIpc) is 3.34. The van der Waals surface area contributed by atoms with Gasteiger partial charge in [-0.2, -0.15) is 0 Å². The Balaban J connectivity index is 1.30. The molecular formula is C29H32N2O5. The van der Waals surface area contributed by atoms with Crippen molar-refractivity contribution < 1.29 is 23.7 Å². The summed E-state index contributed by atoms with van der Waals surface area (Å²) in [5.41, 5.74) is 4.92. The molecule has 2 aliphatic heterocycles. The number of benzene rings is 3. The lowest BCUT2D eigenvalue weighted by atomic mass is 9.87. The molecule has 1 unspecified atom stereocenters. The van der Waals surface area contributed by atoms with Crippen LogP contribution in [0.4, 0.5) is 5.69 Å². The smallest absolute Gasteiger partial charge is 0.255 e. The number of hydrogen-bond donors (Lipinski definition) is 1. The lowest BCUT2D eigenvalue weighted by Crippen LogP contribution is -2.33. The number of anilines is 1. The van der Waals surface area contributed by atoms with Crippen molar-refractivity contribution in [2.45, 2.75) is 38.8 Å². The summed E-state index contributed by atoms with van der Waals surface area (Å²) in [5, 5.41) is 2.98. The molecule has 36 heavy (non-hydrogen) atoms. The van der Waals surface area contributed by atoms with E-state index in [9.17, 15) is 4.79 Å². The van der Waals surface area contributed by atoms with Crippen LogP contribution in [0, 0.1) is 0 Å². The summed E-state index contributed by atoms with van der Waals surface area (Å²) < 4.78 is 22.8. The summed E-state index contributed by atoms with van der Waals surface area (Å²) in [6.07, 6.45) is 1.84. The number of nitrogens with one attached hydrogen (secondary N) is 1. The molecule has 3 aromatic rings. The molecule has 2 aliphatic rings. The zero-order valence-electron chi connectivity index (χ0n) is 21.2. The maximum Gasteiger partial charge on any atom is 0.255 e. The molecule has 0 saturated carbocycles. The highest BCUT2D eigenvalue weighted by Gasteiger charge is 2.33. The first-order valence-electron chi connectivity index (χ1n) is 12.3. The third kappa shape index (κ3) is 4.84. The fraction of sp³-hybridized carbons (Fsp3) is 0.345. The van der Waals surface area contributed by atoms with Crippen molar-refractivity contribution in [1.82, 2.24) is 4.90 Å². The van der Waals surface area contributed by atoms with Crippen LogP contribution in [0.15, 0.2) is 54.6 Å². The highest BCUT2D eigenvalue weighted by atomic mass is 16.7. The van der Waals surface area contributed by atoms with Gasteiger partial charge < -0.3 is 24.3 Å². The first-order chi connectivity index (χ1) is 17.4. The maximum atomic E-state index is 12.7. The van der Waals surface area contributed by atoms with Crippen molar-refractivity contribution in [1.29, 1.82) is 0 Å². The topological polar surface area (TPSA) is 69.3 Å². The number of carbonyl (C=O) groups is 1. The molecule has 7 nitrogen and oxygen atoms in total. The van der Waals surface area contributed by atoms with Crippen molar-refractivity contribution in [3.05, 3.63) is 76.9 Å². The predicted octanol–water partition coefficient (Wildman–Crippen LogP) is 5.24. The van der Waals surface area contributed by atoms with Gasteiger partial charge in [0.15, 0.2) is 11.5 Å². The highest BCUT2D eigenvalue weighted by molar-refractivity contribution is 6.04. The lowest BCUT2D eigenvalue weighted by molar-refractivity contribution is 0.102. The third-order valence-corrected chi connectivity index (χ3v) is 6.68. The number of hydrogen-bond acceptors (Lipinski definition) is 6. The quantitative estimate of drug-likeness (QED) is 0.491. The lowest BCUT2D eigenvalue weighted by Gasteiger charge is -2.36. The van der Waals surface area contributed by atoms with Crippen LogP contribution in [0.1, 0.15) is 46.9 Å². The van der Waals surface area contributed by atoms with Gasteiger partial charge in [-0.3, -0.25) is 9.69 Å². The van der Waals surface area contributed by atoms with E-state index in [1.165, 1.54) is 11.1 Å². The molecule has 0 fully saturated rings. The summed E-state index contributed by atoms with van der Waals surface area (Å²) in [4.78, 5) is 15.1. The Morgan fingerprint density at radius 1 is 1.11 bits per heavy atom. The van der Waals surface area contributed by atoms with E-state index in [1.807, 2.05) is 38.1 Å². The molecule has 1 amide bonds. The number of ether oxygens (including phenoxy) is 4. The monoisotopic (exact) mass is 488 g/mol. The number of amides is 1. The molecule has 2 heterocycles. The van der Waals surface area contributed by atoms with E-state index in [0.29, 0.717) is 11.3 Å². The standard InChI is InChI=1S/C29H32N2O5/c1-18(2)36-23-11-7-20(8-12-23)29(32)30-22-9-5-19(6-10-22)15-24-26-21(13-14-31(24)3)16-25-27(28(26)33-4)35-17-34-25/h5-12,16,18,24H,13-15,17H2,1-4H3,(H,30,32). The van der Waals surface area contributed by atoms with E-state index in [0.717, 1.165) is 47.9 Å². The number of fused-ring (bicyclic) bond motifs is 2. The minimum Gasteiger partial charge on any atom is -0.492 e. The number of rotatable bonds is 7. The molecule has 0 saturated heterocycles. The van der Waals surface area contributed by atoms with Crippen molar-refractivity contribution in [3.63, 3.8) is 0 Å². The molecule has 5 rings (SSSR count). The van der Waals surface area contributed by atoms with Crippen molar-refractivity contribution in [3.8, 4) is 23.0 Å². The number of likely N-dealkylation sites (N-methyl/N-ethyl adjacent to an activating group) is 1. The predicted molar refractivity (Wildman–Crippen MR) is 138 cm³/mol. The summed E-state index contributed by atoms with van der Waals surface area (Å²) in [5.74, 6) is 2.82. The van der Waals surface area contributed by atoms with Gasteiger partial charge in [-0.05, 0) is 87.3 Å². The van der Waals surface area contributed by atoms with Crippen LogP contribution in [-0.4, -0.2) is 44.4 Å². The van der Waals surface area contributed by atoms with Crippen LogP contribution >= 0.6 is 0 Å². The van der Waals surface area contributed by atoms with Crippen LogP contribution in [0.3, 0.4) is 0 Å². The van der Waals surface area contributed by atoms with Crippen molar-refractivity contribution in [2.24, 2.45) is 0 Å². The van der Waals surface area contributed by atoms with Gasteiger partial charge in [-0.15, -0.1) is 0 Å². The van der Waals surface area contributed by atoms with E-state index < -0.39 is 0 Å². The number of methoxy groups -OCH3 is 1. The summed E-state index contributed by atoms with van der Waals surface area (Å²) in [6.45, 7) is 5.12. The maximum absolute atomic E-state index is 12.7. The molecule has 0 spiro atoms. The fourth-order valence-corrected chi connectivity index (χ4v) is 4.89. The van der Waals surface area contributed by atoms with Gasteiger partial charge in [-0.25, -0.2) is 0 Å². The van der Waals surface area contributed by atoms with E-state index in [4.69, 9.17) is 18.9 Å². The van der Waals surface area contributed by atoms with Gasteiger partial charge in [0.1, 0.15) is 5.75 Å². The Kier molecular flexibility index (Phi) is 6.74. The van der Waals surface area contributed by atoms with E-state index >= 15 is 0 Å². The number of nitrogens with zero attached hydrogens (tertiary/aromatic N) is 1. The van der Waals surface area contributed by atoms with Crippen LogP contribution in [-0.2, 0) is 12.8 Å². The molecule has 1 atom stereocenters. The van der Waals surface area contributed by atoms with Gasteiger partial charge in [0.25, 0.3) is 5.91 Å². The molecular weight excluding hydrogens is 456 g/mol. The van der Waals surface area contributed by atoms with Crippen LogP contribution in [0.5, 0.6) is 23.0 Å². The Labute approximate surface area is 211 Å². The molecule has 0 bridgehead atoms. The van der Waals surface area contributed by atoms with Gasteiger partial charge in [-0.1, -0.05) is 12.1 Å². The highest BCUT2D eigenvalue weighted by Crippen LogP contribution is 2.49. The van der Waals surface area contributed by atoms with E-state index in [2.05, 4.69) is 35.5 Å². The average molecular weight is 489 g/mol. The van der Waals surface area contributed by atoms with Gasteiger partial charge >= 0.3 is 0 Å². The minimum absolute atomic E-state index is 0.0920. The van der Waals surface area contributed by atoms with E-state index in [1.54, 1.807) is 19.2 Å². The molecule has 0 aromatic heterocycles. The Hall–Kier alpha value is -3.71. The van der Waals surface area contributed by atoms with Crippen LogP contribution in [0.2, 0.25) is 0 Å². The molecule has 188 valence electrons. The number of carbonyl (C=O) groups excluding carboxylic acids is 1. The second-order valence-electron chi connectivity index (χ2n) is 9.51. The molecule has 1 N–H and O–H groups in total. The Bertz CT molecular complexity index is 1240. The van der Waals surface area contributed by atoms with E-state index in [-0.39, 0.29) is 24.8 Å². The first kappa shape index (κ1) is 24.0. The zero-order chi connectivity index (χ0) is 25.2. The Morgan fingerprint density at radius 2 is 1.86 bits per heavy atom. The zero-order valence-corrected chi connectivity index (χ0v) is 21.2. The fourth-order valence-electron chi connectivity index (χ4n) is 4.89. The summed E-state index contributed by atoms with van der Waals surface area (Å²) in [7, 11) is 3.83. The summed E-state index contributed by atoms with van der Waals surface area (Å²) >= 11 is 0. The minimum atomic E-state index is -0.152. The SMILES string of the molecule is COc1c2c(cc3c1C(Cc1ccc(NC(=O)c4ccc(OC(C)C)cc4)cc1)N(C)CC3)OCO2. The molecule has 0 aliphatic carbocycles. The molecule has 0 radical (unpaired) electrons. The van der Waals surface area contributed by atoms with Crippen LogP contribution < -0.4 is 24.3 Å². The first-order valence-corrected chi connectivity index (χ1v) is 12.3.